The van der Waals surface area contributed by atoms with Gasteiger partial charge in [-0.25, -0.2) is 0 Å². The Kier molecular flexibility index (Phi) is 2.98. The molecule has 13 heavy (non-hydrogen) atoms. The second-order valence-electron chi connectivity index (χ2n) is 3.70. The summed E-state index contributed by atoms with van der Waals surface area (Å²) in [5.41, 5.74) is 0.345. The Morgan fingerprint density at radius 2 is 2.00 bits per heavy atom. The topological polar surface area (TPSA) is 40.5 Å². The van der Waals surface area contributed by atoms with Gasteiger partial charge in [-0.15, -0.1) is 0 Å². The highest BCUT2D eigenvalue weighted by atomic mass is 79.9. The Morgan fingerprint density at radius 3 is 2.54 bits per heavy atom. The molecule has 0 spiro atoms. The van der Waals surface area contributed by atoms with Crippen molar-refractivity contribution in [3.8, 4) is 5.75 Å². The van der Waals surface area contributed by atoms with E-state index in [0.29, 0.717) is 0 Å². The Balaban J connectivity index is 3.20. The van der Waals surface area contributed by atoms with Gasteiger partial charge < -0.3 is 10.2 Å². The fourth-order valence-electron chi connectivity index (χ4n) is 1.14. The predicted octanol–water partition coefficient (Wildman–Crippen LogP) is 2.42. The van der Waals surface area contributed by atoms with E-state index in [9.17, 15) is 5.11 Å². The van der Waals surface area contributed by atoms with Gasteiger partial charge in [-0.2, -0.15) is 0 Å². The van der Waals surface area contributed by atoms with Gasteiger partial charge in [0.15, 0.2) is 0 Å². The normalized spacial score (nSPS) is 11.7. The molecule has 2 nitrogen and oxygen atoms in total. The van der Waals surface area contributed by atoms with Crippen molar-refractivity contribution in [3.63, 3.8) is 0 Å². The zero-order valence-electron chi connectivity index (χ0n) is 7.71. The van der Waals surface area contributed by atoms with Gasteiger partial charge in [0.2, 0.25) is 0 Å². The maximum absolute atomic E-state index is 9.57. The molecule has 0 heterocycles. The molecule has 0 unspecified atom stereocenters. The fraction of sp³-hybridized carbons (Fsp3) is 0.400. The van der Waals surface area contributed by atoms with E-state index in [4.69, 9.17) is 5.11 Å². The second-order valence-corrected chi connectivity index (χ2v) is 4.62. The van der Waals surface area contributed by atoms with Crippen LogP contribution < -0.4 is 0 Å². The number of hydrogen-bond acceptors (Lipinski definition) is 2. The van der Waals surface area contributed by atoms with Crippen molar-refractivity contribution in [3.05, 3.63) is 28.2 Å². The van der Waals surface area contributed by atoms with E-state index in [2.05, 4.69) is 15.9 Å². The van der Waals surface area contributed by atoms with Gasteiger partial charge >= 0.3 is 0 Å². The number of phenolic OH excluding ortho intramolecular Hbond substituents is 1. The van der Waals surface area contributed by atoms with Crippen LogP contribution in [0.1, 0.15) is 19.4 Å². The van der Waals surface area contributed by atoms with Gasteiger partial charge in [-0.1, -0.05) is 29.8 Å². The number of halogens is 1. The minimum Gasteiger partial charge on any atom is -0.508 e. The summed E-state index contributed by atoms with van der Waals surface area (Å²) in [7, 11) is 0. The third-order valence-electron chi connectivity index (χ3n) is 2.08. The van der Waals surface area contributed by atoms with Gasteiger partial charge in [-0.3, -0.25) is 0 Å². The highest BCUT2D eigenvalue weighted by molar-refractivity contribution is 9.10. The van der Waals surface area contributed by atoms with E-state index < -0.39 is 5.41 Å². The Bertz CT molecular complexity index is 308. The summed E-state index contributed by atoms with van der Waals surface area (Å²) < 4.78 is 0.904. The summed E-state index contributed by atoms with van der Waals surface area (Å²) in [4.78, 5) is 0. The third kappa shape index (κ3) is 2.23. The van der Waals surface area contributed by atoms with E-state index in [1.165, 1.54) is 0 Å². The number of phenols is 1. The van der Waals surface area contributed by atoms with Crippen LogP contribution in [0.25, 0.3) is 0 Å². The lowest BCUT2D eigenvalue weighted by atomic mass is 9.85. The Labute approximate surface area is 86.3 Å². The van der Waals surface area contributed by atoms with Gasteiger partial charge in [0.25, 0.3) is 0 Å². The molecule has 0 radical (unpaired) electrons. The second kappa shape index (κ2) is 3.68. The predicted molar refractivity (Wildman–Crippen MR) is 55.9 cm³/mol. The first-order valence-corrected chi connectivity index (χ1v) is 4.86. The average Bonchev–Trinajstić information content (AvgIpc) is 2.09. The summed E-state index contributed by atoms with van der Waals surface area (Å²) >= 11 is 3.33. The first-order chi connectivity index (χ1) is 5.97. The molecule has 0 aliphatic rings. The van der Waals surface area contributed by atoms with Gasteiger partial charge in [-0.05, 0) is 18.2 Å². The molecule has 1 aromatic rings. The highest BCUT2D eigenvalue weighted by Gasteiger charge is 2.22. The van der Waals surface area contributed by atoms with Gasteiger partial charge in [0.05, 0.1) is 6.61 Å². The maximum atomic E-state index is 9.57. The standard InChI is InChI=1S/C10H13BrO2/c1-10(2,6-12)8-5-7(11)3-4-9(8)13/h3-5,12-13H,6H2,1-2H3. The van der Waals surface area contributed by atoms with Crippen molar-refractivity contribution < 1.29 is 10.2 Å². The number of benzene rings is 1. The highest BCUT2D eigenvalue weighted by Crippen LogP contribution is 2.32. The van der Waals surface area contributed by atoms with E-state index in [1.54, 1.807) is 12.1 Å². The largest absolute Gasteiger partial charge is 0.508 e. The van der Waals surface area contributed by atoms with Crippen LogP contribution in [0.15, 0.2) is 22.7 Å². The molecule has 0 amide bonds. The lowest BCUT2D eigenvalue weighted by Gasteiger charge is -2.23. The Morgan fingerprint density at radius 1 is 1.38 bits per heavy atom. The average molecular weight is 245 g/mol. The molecule has 0 aliphatic carbocycles. The van der Waals surface area contributed by atoms with Crippen LogP contribution >= 0.6 is 15.9 Å². The molecule has 0 atom stereocenters. The SMILES string of the molecule is CC(C)(CO)c1cc(Br)ccc1O. The third-order valence-corrected chi connectivity index (χ3v) is 2.58. The van der Waals surface area contributed by atoms with E-state index in [1.807, 2.05) is 19.9 Å². The van der Waals surface area contributed by atoms with E-state index in [-0.39, 0.29) is 12.4 Å². The van der Waals surface area contributed by atoms with E-state index in [0.717, 1.165) is 10.0 Å². The molecular weight excluding hydrogens is 232 g/mol. The van der Waals surface area contributed by atoms with Crippen LogP contribution in [-0.2, 0) is 5.41 Å². The van der Waals surface area contributed by atoms with Crippen LogP contribution in [-0.4, -0.2) is 16.8 Å². The molecule has 1 aromatic carbocycles. The van der Waals surface area contributed by atoms with Crippen molar-refractivity contribution in [1.29, 1.82) is 0 Å². The molecule has 0 saturated carbocycles. The minimum atomic E-state index is -0.409. The van der Waals surface area contributed by atoms with Crippen LogP contribution in [0, 0.1) is 0 Å². The molecule has 0 aliphatic heterocycles. The van der Waals surface area contributed by atoms with Crippen LogP contribution in [0.4, 0.5) is 0 Å². The van der Waals surface area contributed by atoms with Crippen molar-refractivity contribution in [2.24, 2.45) is 0 Å². The van der Waals surface area contributed by atoms with Crippen LogP contribution in [0.5, 0.6) is 5.75 Å². The molecular formula is C10H13BrO2. The molecule has 0 fully saturated rings. The lowest BCUT2D eigenvalue weighted by Crippen LogP contribution is -2.22. The quantitative estimate of drug-likeness (QED) is 0.840. The molecule has 2 N–H and O–H groups in total. The number of aromatic hydroxyl groups is 1. The molecule has 0 aromatic heterocycles. The first kappa shape index (κ1) is 10.5. The van der Waals surface area contributed by atoms with Crippen molar-refractivity contribution in [1.82, 2.24) is 0 Å². The molecule has 72 valence electrons. The number of aliphatic hydroxyl groups is 1. The summed E-state index contributed by atoms with van der Waals surface area (Å²) in [5, 5.41) is 18.7. The van der Waals surface area contributed by atoms with Gasteiger partial charge in [0, 0.05) is 15.5 Å². The van der Waals surface area contributed by atoms with Crippen molar-refractivity contribution >= 4 is 15.9 Å². The zero-order chi connectivity index (χ0) is 10.1. The minimum absolute atomic E-state index is 0.0109. The van der Waals surface area contributed by atoms with E-state index >= 15 is 0 Å². The van der Waals surface area contributed by atoms with Crippen LogP contribution in [0.2, 0.25) is 0 Å². The van der Waals surface area contributed by atoms with Gasteiger partial charge in [0.1, 0.15) is 5.75 Å². The zero-order valence-corrected chi connectivity index (χ0v) is 9.30. The van der Waals surface area contributed by atoms with Crippen molar-refractivity contribution in [2.75, 3.05) is 6.61 Å². The molecule has 0 saturated heterocycles. The number of hydrogen-bond donors (Lipinski definition) is 2. The summed E-state index contributed by atoms with van der Waals surface area (Å²) in [6.45, 7) is 3.78. The molecule has 3 heteroatoms. The number of aliphatic hydroxyl groups excluding tert-OH is 1. The van der Waals surface area contributed by atoms with Crippen LogP contribution in [0.3, 0.4) is 0 Å². The van der Waals surface area contributed by atoms with Crippen molar-refractivity contribution in [2.45, 2.75) is 19.3 Å². The first-order valence-electron chi connectivity index (χ1n) is 4.07. The molecule has 0 bridgehead atoms. The summed E-state index contributed by atoms with van der Waals surface area (Å²) in [5.74, 6) is 0.224. The smallest absolute Gasteiger partial charge is 0.119 e. The molecule has 1 rings (SSSR count). The number of rotatable bonds is 2. The monoisotopic (exact) mass is 244 g/mol. The Hall–Kier alpha value is -0.540. The fourth-order valence-corrected chi connectivity index (χ4v) is 1.50. The maximum Gasteiger partial charge on any atom is 0.119 e. The summed E-state index contributed by atoms with van der Waals surface area (Å²) in [6, 6.07) is 5.22. The summed E-state index contributed by atoms with van der Waals surface area (Å²) in [6.07, 6.45) is 0. The lowest BCUT2D eigenvalue weighted by molar-refractivity contribution is 0.215.